The van der Waals surface area contributed by atoms with Gasteiger partial charge in [-0.3, -0.25) is 19.3 Å². The van der Waals surface area contributed by atoms with Crippen molar-refractivity contribution in [2.24, 2.45) is 5.92 Å². The summed E-state index contributed by atoms with van der Waals surface area (Å²) in [7, 11) is 0. The zero-order valence-electron chi connectivity index (χ0n) is 15.3. The van der Waals surface area contributed by atoms with Crippen LogP contribution in [0.4, 0.5) is 5.69 Å². The van der Waals surface area contributed by atoms with Crippen LogP contribution in [0.3, 0.4) is 0 Å². The minimum atomic E-state index is -0.897. The summed E-state index contributed by atoms with van der Waals surface area (Å²) in [4.78, 5) is 37.8. The number of rotatable bonds is 7. The lowest BCUT2D eigenvalue weighted by Crippen LogP contribution is -2.47. The van der Waals surface area contributed by atoms with E-state index in [1.165, 1.54) is 0 Å². The van der Waals surface area contributed by atoms with Crippen molar-refractivity contribution in [3.63, 3.8) is 0 Å². The molecule has 0 aliphatic carbocycles. The molecular formula is C19H27N3O4. The van der Waals surface area contributed by atoms with E-state index in [2.05, 4.69) is 10.6 Å². The Morgan fingerprint density at radius 3 is 2.65 bits per heavy atom. The second kappa shape index (κ2) is 9.33. The molecule has 26 heavy (non-hydrogen) atoms. The van der Waals surface area contributed by atoms with E-state index < -0.39 is 12.0 Å². The van der Waals surface area contributed by atoms with E-state index in [-0.39, 0.29) is 18.4 Å². The third kappa shape index (κ3) is 5.56. The highest BCUT2D eigenvalue weighted by atomic mass is 16.4. The van der Waals surface area contributed by atoms with Crippen molar-refractivity contribution >= 4 is 23.5 Å². The molecule has 1 saturated heterocycles. The van der Waals surface area contributed by atoms with E-state index in [0.29, 0.717) is 36.7 Å². The van der Waals surface area contributed by atoms with Crippen LogP contribution >= 0.6 is 0 Å². The van der Waals surface area contributed by atoms with E-state index in [4.69, 9.17) is 0 Å². The van der Waals surface area contributed by atoms with Crippen LogP contribution in [0.5, 0.6) is 0 Å². The van der Waals surface area contributed by atoms with Gasteiger partial charge in [-0.25, -0.2) is 0 Å². The van der Waals surface area contributed by atoms with E-state index in [1.807, 2.05) is 13.8 Å². The summed E-state index contributed by atoms with van der Waals surface area (Å²) < 4.78 is 0. The van der Waals surface area contributed by atoms with Crippen LogP contribution in [0, 0.1) is 5.92 Å². The fourth-order valence-electron chi connectivity index (χ4n) is 3.02. The Morgan fingerprint density at radius 2 is 1.96 bits per heavy atom. The highest BCUT2D eigenvalue weighted by Gasteiger charge is 2.29. The van der Waals surface area contributed by atoms with Gasteiger partial charge in [-0.15, -0.1) is 0 Å². The monoisotopic (exact) mass is 361 g/mol. The summed E-state index contributed by atoms with van der Waals surface area (Å²) >= 11 is 0. The van der Waals surface area contributed by atoms with Gasteiger partial charge in [0, 0.05) is 6.54 Å². The maximum Gasteiger partial charge on any atom is 0.320 e. The summed E-state index contributed by atoms with van der Waals surface area (Å²) in [5, 5.41) is 14.9. The number of carboxylic acids is 1. The second-order valence-corrected chi connectivity index (χ2v) is 7.02. The lowest BCUT2D eigenvalue weighted by atomic mass is 10.0. The molecule has 1 fully saturated rings. The number of anilines is 1. The number of nitrogens with zero attached hydrogens (tertiary/aromatic N) is 1. The molecule has 7 nitrogen and oxygen atoms in total. The molecule has 142 valence electrons. The van der Waals surface area contributed by atoms with Gasteiger partial charge in [0.15, 0.2) is 0 Å². The first-order valence-electron chi connectivity index (χ1n) is 9.02. The van der Waals surface area contributed by atoms with Crippen LogP contribution < -0.4 is 10.6 Å². The van der Waals surface area contributed by atoms with Gasteiger partial charge in [0.1, 0.15) is 6.04 Å². The Kier molecular flexibility index (Phi) is 7.15. The van der Waals surface area contributed by atoms with Gasteiger partial charge < -0.3 is 15.7 Å². The van der Waals surface area contributed by atoms with Gasteiger partial charge >= 0.3 is 5.97 Å². The van der Waals surface area contributed by atoms with Gasteiger partial charge in [0.05, 0.1) is 17.8 Å². The molecule has 1 atom stereocenters. The first kappa shape index (κ1) is 19.9. The van der Waals surface area contributed by atoms with Crippen LogP contribution in [0.25, 0.3) is 0 Å². The molecule has 0 saturated carbocycles. The van der Waals surface area contributed by atoms with Crippen molar-refractivity contribution in [3.05, 3.63) is 29.8 Å². The number of hydrogen-bond donors (Lipinski definition) is 3. The quantitative estimate of drug-likeness (QED) is 0.689. The van der Waals surface area contributed by atoms with Crippen LogP contribution in [0.2, 0.25) is 0 Å². The molecule has 2 rings (SSSR count). The molecule has 2 amide bonds. The number of para-hydroxylation sites is 1. The Labute approximate surface area is 153 Å². The first-order chi connectivity index (χ1) is 12.4. The SMILES string of the molecule is CC(C)CNC(=O)c1ccccc1NC(=O)CN1CCCCC1C(=O)O. The molecule has 0 radical (unpaired) electrons. The Morgan fingerprint density at radius 1 is 1.23 bits per heavy atom. The number of likely N-dealkylation sites (tertiary alicyclic amines) is 1. The van der Waals surface area contributed by atoms with Crippen molar-refractivity contribution in [3.8, 4) is 0 Å². The van der Waals surface area contributed by atoms with Crippen LogP contribution in [-0.2, 0) is 9.59 Å². The van der Waals surface area contributed by atoms with Gasteiger partial charge in [-0.1, -0.05) is 32.4 Å². The fraction of sp³-hybridized carbons (Fsp3) is 0.526. The molecule has 3 N–H and O–H groups in total. The molecule has 1 heterocycles. The number of piperidine rings is 1. The summed E-state index contributed by atoms with van der Waals surface area (Å²) in [5.74, 6) is -1.13. The largest absolute Gasteiger partial charge is 0.480 e. The molecule has 0 aromatic heterocycles. The van der Waals surface area contributed by atoms with Crippen molar-refractivity contribution in [1.29, 1.82) is 0 Å². The zero-order valence-corrected chi connectivity index (χ0v) is 15.3. The molecule has 7 heteroatoms. The van der Waals surface area contributed by atoms with Crippen LogP contribution in [0.15, 0.2) is 24.3 Å². The molecule has 0 bridgehead atoms. The maximum absolute atomic E-state index is 12.4. The van der Waals surface area contributed by atoms with Crippen molar-refractivity contribution < 1.29 is 19.5 Å². The van der Waals surface area contributed by atoms with Gasteiger partial charge in [-0.2, -0.15) is 0 Å². The fourth-order valence-corrected chi connectivity index (χ4v) is 3.02. The Balaban J connectivity index is 2.02. The number of amides is 2. The number of carbonyl (C=O) groups is 3. The second-order valence-electron chi connectivity index (χ2n) is 7.02. The predicted octanol–water partition coefficient (Wildman–Crippen LogP) is 1.95. The Bertz CT molecular complexity index is 660. The average Bonchev–Trinajstić information content (AvgIpc) is 2.60. The highest BCUT2D eigenvalue weighted by Crippen LogP contribution is 2.18. The van der Waals surface area contributed by atoms with E-state index in [0.717, 1.165) is 12.8 Å². The summed E-state index contributed by atoms with van der Waals surface area (Å²) in [6, 6.07) is 6.19. The van der Waals surface area contributed by atoms with E-state index in [1.54, 1.807) is 29.2 Å². The van der Waals surface area contributed by atoms with Crippen LogP contribution in [0.1, 0.15) is 43.5 Å². The van der Waals surface area contributed by atoms with E-state index in [9.17, 15) is 19.5 Å². The van der Waals surface area contributed by atoms with Gasteiger partial charge in [0.2, 0.25) is 5.91 Å². The van der Waals surface area contributed by atoms with Crippen LogP contribution in [-0.4, -0.2) is 53.5 Å². The lowest BCUT2D eigenvalue weighted by molar-refractivity contribution is -0.145. The van der Waals surface area contributed by atoms with Crippen molar-refractivity contribution in [2.75, 3.05) is 25.0 Å². The smallest absolute Gasteiger partial charge is 0.320 e. The van der Waals surface area contributed by atoms with Gasteiger partial charge in [0.25, 0.3) is 5.91 Å². The maximum atomic E-state index is 12.4. The molecule has 1 aromatic rings. The zero-order chi connectivity index (χ0) is 19.1. The number of aliphatic carboxylic acids is 1. The number of hydrogen-bond acceptors (Lipinski definition) is 4. The first-order valence-corrected chi connectivity index (χ1v) is 9.02. The average molecular weight is 361 g/mol. The molecular weight excluding hydrogens is 334 g/mol. The van der Waals surface area contributed by atoms with Crippen molar-refractivity contribution in [2.45, 2.75) is 39.2 Å². The van der Waals surface area contributed by atoms with Crippen molar-refractivity contribution in [1.82, 2.24) is 10.2 Å². The van der Waals surface area contributed by atoms with Gasteiger partial charge in [-0.05, 0) is 37.4 Å². The third-order valence-electron chi connectivity index (χ3n) is 4.36. The number of nitrogens with one attached hydrogen (secondary N) is 2. The minimum Gasteiger partial charge on any atom is -0.480 e. The number of benzene rings is 1. The third-order valence-corrected chi connectivity index (χ3v) is 4.36. The summed E-state index contributed by atoms with van der Waals surface area (Å²) in [5.41, 5.74) is 0.831. The summed E-state index contributed by atoms with van der Waals surface area (Å²) in [6.07, 6.45) is 2.29. The standard InChI is InChI=1S/C19H27N3O4/c1-13(2)11-20-18(24)14-7-3-4-8-15(14)21-17(23)12-22-10-6-5-9-16(22)19(25)26/h3-4,7-8,13,16H,5-6,9-12H2,1-2H3,(H,20,24)(H,21,23)(H,25,26). The van der Waals surface area contributed by atoms with E-state index >= 15 is 0 Å². The molecule has 1 aromatic carbocycles. The molecule has 1 aliphatic rings. The minimum absolute atomic E-state index is 0.00108. The topological polar surface area (TPSA) is 98.7 Å². The molecule has 1 aliphatic heterocycles. The number of carbonyl (C=O) groups excluding carboxylic acids is 2. The number of carboxylic acid groups (broad SMARTS) is 1. The lowest BCUT2D eigenvalue weighted by Gasteiger charge is -2.32. The molecule has 0 spiro atoms. The molecule has 1 unspecified atom stereocenters. The Hall–Kier alpha value is -2.41. The predicted molar refractivity (Wildman–Crippen MR) is 99.1 cm³/mol. The summed E-state index contributed by atoms with van der Waals surface area (Å²) in [6.45, 7) is 5.14. The normalized spacial score (nSPS) is 17.7. The highest BCUT2D eigenvalue weighted by molar-refractivity contribution is 6.04.